The van der Waals surface area contributed by atoms with Crippen molar-refractivity contribution in [3.63, 3.8) is 0 Å². The average Bonchev–Trinajstić information content (AvgIpc) is 2.22. The minimum atomic E-state index is -0.117. The van der Waals surface area contributed by atoms with Crippen LogP contribution in [0.25, 0.3) is 0 Å². The van der Waals surface area contributed by atoms with Gasteiger partial charge in [0.25, 0.3) is 0 Å². The number of rotatable bonds is 5. The zero-order valence-electron chi connectivity index (χ0n) is 9.03. The van der Waals surface area contributed by atoms with Gasteiger partial charge in [-0.2, -0.15) is 0 Å². The third-order valence-electron chi connectivity index (χ3n) is 2.13. The Balaban J connectivity index is 2.85. The van der Waals surface area contributed by atoms with Crippen LogP contribution in [0.3, 0.4) is 0 Å². The van der Waals surface area contributed by atoms with Gasteiger partial charge in [-0.05, 0) is 31.7 Å². The van der Waals surface area contributed by atoms with E-state index in [2.05, 4.69) is 5.32 Å². The number of ether oxygens (including phenoxy) is 1. The first-order valence-corrected chi connectivity index (χ1v) is 4.97. The zero-order valence-corrected chi connectivity index (χ0v) is 9.03. The Morgan fingerprint density at radius 3 is 2.60 bits per heavy atom. The fourth-order valence-corrected chi connectivity index (χ4v) is 1.40. The molecule has 4 nitrogen and oxygen atoms in total. The number of benzene rings is 1. The van der Waals surface area contributed by atoms with E-state index in [-0.39, 0.29) is 17.6 Å². The van der Waals surface area contributed by atoms with Gasteiger partial charge < -0.3 is 20.3 Å². The molecule has 3 N–H and O–H groups in total. The smallest absolute Gasteiger partial charge is 0.157 e. The van der Waals surface area contributed by atoms with Gasteiger partial charge in [0.05, 0.1) is 6.10 Å². The van der Waals surface area contributed by atoms with Crippen LogP contribution in [0.2, 0.25) is 0 Å². The fraction of sp³-hybridized carbons (Fsp3) is 0.455. The van der Waals surface area contributed by atoms with E-state index in [1.807, 2.05) is 14.0 Å². The Morgan fingerprint density at radius 1 is 1.33 bits per heavy atom. The summed E-state index contributed by atoms with van der Waals surface area (Å²) in [6, 6.07) is 4.73. The molecule has 0 aliphatic heterocycles. The van der Waals surface area contributed by atoms with Gasteiger partial charge in [0.2, 0.25) is 0 Å². The number of likely N-dealkylation sites (N-methyl/N-ethyl adjacent to an activating group) is 1. The summed E-state index contributed by atoms with van der Waals surface area (Å²) in [6.45, 7) is 3.19. The van der Waals surface area contributed by atoms with E-state index < -0.39 is 0 Å². The van der Waals surface area contributed by atoms with E-state index in [4.69, 9.17) is 4.74 Å². The maximum absolute atomic E-state index is 9.36. The second-order valence-corrected chi connectivity index (χ2v) is 3.25. The van der Waals surface area contributed by atoms with Crippen molar-refractivity contribution in [1.82, 2.24) is 5.32 Å². The van der Waals surface area contributed by atoms with Crippen LogP contribution < -0.4 is 5.32 Å². The summed E-state index contributed by atoms with van der Waals surface area (Å²) in [5.41, 5.74) is 0.849. The van der Waals surface area contributed by atoms with E-state index in [0.717, 1.165) is 5.56 Å². The van der Waals surface area contributed by atoms with Gasteiger partial charge in [-0.25, -0.2) is 0 Å². The van der Waals surface area contributed by atoms with Gasteiger partial charge in [-0.3, -0.25) is 0 Å². The molecule has 0 amide bonds. The molecule has 0 aliphatic rings. The number of hydrogen-bond donors (Lipinski definition) is 3. The van der Waals surface area contributed by atoms with Crippen molar-refractivity contribution in [2.75, 3.05) is 20.2 Å². The summed E-state index contributed by atoms with van der Waals surface area (Å²) >= 11 is 0. The van der Waals surface area contributed by atoms with Crippen molar-refractivity contribution in [1.29, 1.82) is 0 Å². The molecule has 1 atom stereocenters. The van der Waals surface area contributed by atoms with Crippen LogP contribution in [0.4, 0.5) is 0 Å². The second kappa shape index (κ2) is 5.58. The molecule has 1 unspecified atom stereocenters. The van der Waals surface area contributed by atoms with Gasteiger partial charge >= 0.3 is 0 Å². The summed E-state index contributed by atoms with van der Waals surface area (Å²) in [7, 11) is 1.84. The molecule has 0 saturated heterocycles. The molecule has 0 aromatic heterocycles. The SMILES string of the molecule is CCOC(CNC)c1ccc(O)c(O)c1. The highest BCUT2D eigenvalue weighted by atomic mass is 16.5. The molecular weight excluding hydrogens is 194 g/mol. The van der Waals surface area contributed by atoms with Crippen LogP contribution in [0.15, 0.2) is 18.2 Å². The predicted molar refractivity (Wildman–Crippen MR) is 58.1 cm³/mol. The molecule has 0 spiro atoms. The van der Waals surface area contributed by atoms with Gasteiger partial charge in [0, 0.05) is 13.2 Å². The van der Waals surface area contributed by atoms with Crippen molar-refractivity contribution >= 4 is 0 Å². The summed E-state index contributed by atoms with van der Waals surface area (Å²) in [4.78, 5) is 0. The molecule has 4 heteroatoms. The van der Waals surface area contributed by atoms with Crippen molar-refractivity contribution in [2.45, 2.75) is 13.0 Å². The number of aromatic hydroxyl groups is 2. The van der Waals surface area contributed by atoms with Crippen LogP contribution in [0, 0.1) is 0 Å². The third kappa shape index (κ3) is 3.11. The van der Waals surface area contributed by atoms with Gasteiger partial charge in [-0.1, -0.05) is 6.07 Å². The van der Waals surface area contributed by atoms with Crippen molar-refractivity contribution in [2.24, 2.45) is 0 Å². The molecule has 0 bridgehead atoms. The maximum atomic E-state index is 9.36. The lowest BCUT2D eigenvalue weighted by molar-refractivity contribution is 0.0636. The van der Waals surface area contributed by atoms with E-state index in [9.17, 15) is 10.2 Å². The van der Waals surface area contributed by atoms with Crippen LogP contribution in [0.1, 0.15) is 18.6 Å². The Bertz CT molecular complexity index is 309. The summed E-state index contributed by atoms with van der Waals surface area (Å²) < 4.78 is 5.51. The molecule has 84 valence electrons. The normalized spacial score (nSPS) is 12.7. The van der Waals surface area contributed by atoms with Gasteiger partial charge in [-0.15, -0.1) is 0 Å². The van der Waals surface area contributed by atoms with Crippen molar-refractivity contribution in [3.8, 4) is 11.5 Å². The Kier molecular flexibility index (Phi) is 4.39. The van der Waals surface area contributed by atoms with Gasteiger partial charge in [0.1, 0.15) is 0 Å². The monoisotopic (exact) mass is 211 g/mol. The lowest BCUT2D eigenvalue weighted by Crippen LogP contribution is -2.19. The fourth-order valence-electron chi connectivity index (χ4n) is 1.40. The average molecular weight is 211 g/mol. The van der Waals surface area contributed by atoms with E-state index in [1.165, 1.54) is 12.1 Å². The predicted octanol–water partition coefficient (Wildman–Crippen LogP) is 1.39. The third-order valence-corrected chi connectivity index (χ3v) is 2.13. The zero-order chi connectivity index (χ0) is 11.3. The number of nitrogens with one attached hydrogen (secondary N) is 1. The minimum absolute atomic E-state index is 0.105. The van der Waals surface area contributed by atoms with Crippen molar-refractivity contribution < 1.29 is 14.9 Å². The summed E-state index contributed by atoms with van der Waals surface area (Å²) in [5, 5.41) is 21.6. The molecule has 0 fully saturated rings. The largest absolute Gasteiger partial charge is 0.504 e. The lowest BCUT2D eigenvalue weighted by Gasteiger charge is -2.17. The van der Waals surface area contributed by atoms with E-state index in [1.54, 1.807) is 6.07 Å². The first-order valence-electron chi connectivity index (χ1n) is 4.97. The van der Waals surface area contributed by atoms with E-state index >= 15 is 0 Å². The first-order chi connectivity index (χ1) is 7.19. The van der Waals surface area contributed by atoms with Crippen LogP contribution >= 0.6 is 0 Å². The topological polar surface area (TPSA) is 61.7 Å². The highest BCUT2D eigenvalue weighted by Crippen LogP contribution is 2.28. The highest BCUT2D eigenvalue weighted by molar-refractivity contribution is 5.41. The standard InChI is InChI=1S/C11H17NO3/c1-3-15-11(7-12-2)8-4-5-9(13)10(14)6-8/h4-6,11-14H,3,7H2,1-2H3. The van der Waals surface area contributed by atoms with Crippen LogP contribution in [0.5, 0.6) is 11.5 Å². The van der Waals surface area contributed by atoms with E-state index in [0.29, 0.717) is 13.2 Å². The second-order valence-electron chi connectivity index (χ2n) is 3.25. The molecule has 1 rings (SSSR count). The number of phenols is 2. The molecule has 0 heterocycles. The molecule has 1 aromatic carbocycles. The van der Waals surface area contributed by atoms with Crippen LogP contribution in [-0.4, -0.2) is 30.4 Å². The molecule has 15 heavy (non-hydrogen) atoms. The summed E-state index contributed by atoms with van der Waals surface area (Å²) in [6.07, 6.45) is -0.105. The molecule has 1 aromatic rings. The Hall–Kier alpha value is -1.26. The minimum Gasteiger partial charge on any atom is -0.504 e. The molecular formula is C11H17NO3. The molecule has 0 radical (unpaired) electrons. The van der Waals surface area contributed by atoms with Crippen LogP contribution in [-0.2, 0) is 4.74 Å². The Labute approximate surface area is 89.5 Å². The molecule has 0 aliphatic carbocycles. The first kappa shape index (κ1) is 11.8. The highest BCUT2D eigenvalue weighted by Gasteiger charge is 2.12. The van der Waals surface area contributed by atoms with Crippen molar-refractivity contribution in [3.05, 3.63) is 23.8 Å². The number of phenolic OH excluding ortho intramolecular Hbond substituents is 2. The summed E-state index contributed by atoms with van der Waals surface area (Å²) in [5.74, 6) is -0.230. The lowest BCUT2D eigenvalue weighted by atomic mass is 10.1. The quantitative estimate of drug-likeness (QED) is 0.644. The molecule has 0 saturated carbocycles. The maximum Gasteiger partial charge on any atom is 0.157 e. The Morgan fingerprint density at radius 2 is 2.07 bits per heavy atom. The number of hydrogen-bond acceptors (Lipinski definition) is 4. The van der Waals surface area contributed by atoms with Gasteiger partial charge in [0.15, 0.2) is 11.5 Å².